The topological polar surface area (TPSA) is 32.7 Å². The molecule has 0 amide bonds. The molecule has 1 aliphatic heterocycles. The highest BCUT2D eigenvalue weighted by Crippen LogP contribution is 2.33. The van der Waals surface area contributed by atoms with Gasteiger partial charge in [-0.05, 0) is 18.2 Å². The van der Waals surface area contributed by atoms with Crippen LogP contribution in [0.2, 0.25) is 5.02 Å². The van der Waals surface area contributed by atoms with Gasteiger partial charge >= 0.3 is 0 Å². The number of fused-ring (bicyclic) bond motifs is 1. The molecule has 0 aliphatic carbocycles. The SMILES string of the molecule is OCCN1CCOc2ccc(Cl)cc21. The Labute approximate surface area is 87.9 Å². The van der Waals surface area contributed by atoms with E-state index < -0.39 is 0 Å². The minimum Gasteiger partial charge on any atom is -0.490 e. The van der Waals surface area contributed by atoms with Crippen LogP contribution in [0, 0.1) is 0 Å². The van der Waals surface area contributed by atoms with Crippen LogP contribution < -0.4 is 9.64 Å². The second kappa shape index (κ2) is 4.07. The molecule has 1 N–H and O–H groups in total. The maximum atomic E-state index is 8.90. The van der Waals surface area contributed by atoms with Crippen molar-refractivity contribution in [1.29, 1.82) is 0 Å². The van der Waals surface area contributed by atoms with Gasteiger partial charge in [0.05, 0.1) is 18.8 Å². The molecule has 0 fully saturated rings. The zero-order valence-corrected chi connectivity index (χ0v) is 8.50. The smallest absolute Gasteiger partial charge is 0.142 e. The van der Waals surface area contributed by atoms with Crippen molar-refractivity contribution in [2.45, 2.75) is 0 Å². The van der Waals surface area contributed by atoms with Crippen molar-refractivity contribution < 1.29 is 9.84 Å². The lowest BCUT2D eigenvalue weighted by Crippen LogP contribution is -2.34. The molecule has 0 saturated heterocycles. The van der Waals surface area contributed by atoms with Crippen molar-refractivity contribution in [2.24, 2.45) is 0 Å². The van der Waals surface area contributed by atoms with Crippen molar-refractivity contribution in [3.8, 4) is 5.75 Å². The summed E-state index contributed by atoms with van der Waals surface area (Å²) < 4.78 is 5.47. The van der Waals surface area contributed by atoms with Crippen LogP contribution in [-0.2, 0) is 0 Å². The first-order chi connectivity index (χ1) is 6.81. The molecular formula is C10H12ClNO2. The average molecular weight is 214 g/mol. The second-order valence-electron chi connectivity index (χ2n) is 3.17. The van der Waals surface area contributed by atoms with Crippen LogP contribution in [0.25, 0.3) is 0 Å². The first-order valence-corrected chi connectivity index (χ1v) is 4.97. The van der Waals surface area contributed by atoms with Gasteiger partial charge in [-0.25, -0.2) is 0 Å². The first-order valence-electron chi connectivity index (χ1n) is 4.59. The lowest BCUT2D eigenvalue weighted by atomic mass is 10.2. The molecule has 0 atom stereocenters. The molecule has 0 bridgehead atoms. The van der Waals surface area contributed by atoms with Crippen molar-refractivity contribution >= 4 is 17.3 Å². The third-order valence-corrected chi connectivity index (χ3v) is 2.49. The summed E-state index contributed by atoms with van der Waals surface area (Å²) in [6, 6.07) is 5.54. The van der Waals surface area contributed by atoms with E-state index in [1.807, 2.05) is 18.2 Å². The monoisotopic (exact) mass is 213 g/mol. The molecule has 76 valence electrons. The summed E-state index contributed by atoms with van der Waals surface area (Å²) in [5, 5.41) is 9.59. The number of anilines is 1. The molecule has 1 aromatic rings. The number of ether oxygens (including phenoxy) is 1. The number of aliphatic hydroxyl groups excluding tert-OH is 1. The van der Waals surface area contributed by atoms with Gasteiger partial charge in [0, 0.05) is 11.6 Å². The number of aliphatic hydroxyl groups is 1. The van der Waals surface area contributed by atoms with Crippen LogP contribution in [0.1, 0.15) is 0 Å². The standard InChI is InChI=1S/C10H12ClNO2/c11-8-1-2-10-9(7-8)12(3-5-13)4-6-14-10/h1-2,7,13H,3-6H2. The summed E-state index contributed by atoms with van der Waals surface area (Å²) in [5.41, 5.74) is 0.970. The zero-order valence-electron chi connectivity index (χ0n) is 7.74. The second-order valence-corrected chi connectivity index (χ2v) is 3.61. The fourth-order valence-electron chi connectivity index (χ4n) is 1.60. The number of halogens is 1. The number of nitrogens with zero attached hydrogens (tertiary/aromatic N) is 1. The van der Waals surface area contributed by atoms with Gasteiger partial charge in [-0.1, -0.05) is 11.6 Å². The van der Waals surface area contributed by atoms with Crippen molar-refractivity contribution in [3.63, 3.8) is 0 Å². The summed E-state index contributed by atoms with van der Waals surface area (Å²) in [5.74, 6) is 0.842. The van der Waals surface area contributed by atoms with E-state index in [0.29, 0.717) is 18.2 Å². The molecule has 1 aliphatic rings. The highest BCUT2D eigenvalue weighted by atomic mass is 35.5. The number of β-amino-alcohol motifs (C(OH)–C–C–N with tert-alkyl or cyclic N) is 1. The van der Waals surface area contributed by atoms with Crippen molar-refractivity contribution in [3.05, 3.63) is 23.2 Å². The van der Waals surface area contributed by atoms with Gasteiger partial charge < -0.3 is 14.7 Å². The fourth-order valence-corrected chi connectivity index (χ4v) is 1.77. The predicted octanol–water partition coefficient (Wildman–Crippen LogP) is 1.53. The number of hydrogen-bond donors (Lipinski definition) is 1. The Morgan fingerprint density at radius 1 is 1.50 bits per heavy atom. The molecule has 4 heteroatoms. The van der Waals surface area contributed by atoms with Crippen LogP contribution in [0.5, 0.6) is 5.75 Å². The van der Waals surface area contributed by atoms with Crippen LogP contribution >= 0.6 is 11.6 Å². The average Bonchev–Trinajstić information content (AvgIpc) is 2.19. The van der Waals surface area contributed by atoms with E-state index in [1.54, 1.807) is 0 Å². The van der Waals surface area contributed by atoms with Gasteiger partial charge in [0.25, 0.3) is 0 Å². The molecular weight excluding hydrogens is 202 g/mol. The van der Waals surface area contributed by atoms with E-state index in [2.05, 4.69) is 4.90 Å². The molecule has 0 saturated carbocycles. The lowest BCUT2D eigenvalue weighted by molar-refractivity contribution is 0.278. The molecule has 1 heterocycles. The van der Waals surface area contributed by atoms with E-state index in [0.717, 1.165) is 18.0 Å². The largest absolute Gasteiger partial charge is 0.490 e. The third kappa shape index (κ3) is 1.79. The summed E-state index contributed by atoms with van der Waals surface area (Å²) >= 11 is 5.90. The van der Waals surface area contributed by atoms with Crippen LogP contribution in [-0.4, -0.2) is 31.4 Å². The Morgan fingerprint density at radius 3 is 3.14 bits per heavy atom. The maximum absolute atomic E-state index is 8.90. The molecule has 3 nitrogen and oxygen atoms in total. The van der Waals surface area contributed by atoms with E-state index in [1.165, 1.54) is 0 Å². The minimum atomic E-state index is 0.145. The van der Waals surface area contributed by atoms with Crippen molar-refractivity contribution in [2.75, 3.05) is 31.2 Å². The van der Waals surface area contributed by atoms with Gasteiger partial charge in [-0.2, -0.15) is 0 Å². The number of rotatable bonds is 2. The Hall–Kier alpha value is -0.930. The highest BCUT2D eigenvalue weighted by molar-refractivity contribution is 6.30. The van der Waals surface area contributed by atoms with Gasteiger partial charge in [0.15, 0.2) is 0 Å². The fraction of sp³-hybridized carbons (Fsp3) is 0.400. The van der Waals surface area contributed by atoms with Gasteiger partial charge in [-0.3, -0.25) is 0 Å². The molecule has 0 radical (unpaired) electrons. The zero-order chi connectivity index (χ0) is 9.97. The van der Waals surface area contributed by atoms with Crippen LogP contribution in [0.4, 0.5) is 5.69 Å². The van der Waals surface area contributed by atoms with E-state index in [9.17, 15) is 0 Å². The summed E-state index contributed by atoms with van der Waals surface area (Å²) in [6.07, 6.45) is 0. The van der Waals surface area contributed by atoms with Crippen molar-refractivity contribution in [1.82, 2.24) is 0 Å². The van der Waals surface area contributed by atoms with E-state index in [-0.39, 0.29) is 6.61 Å². The molecule has 2 rings (SSSR count). The maximum Gasteiger partial charge on any atom is 0.142 e. The predicted molar refractivity (Wildman–Crippen MR) is 56.2 cm³/mol. The van der Waals surface area contributed by atoms with E-state index in [4.69, 9.17) is 21.4 Å². The molecule has 0 aromatic heterocycles. The molecule has 0 spiro atoms. The molecule has 1 aromatic carbocycles. The van der Waals surface area contributed by atoms with Gasteiger partial charge in [0.1, 0.15) is 12.4 Å². The van der Waals surface area contributed by atoms with E-state index >= 15 is 0 Å². The molecule has 0 unspecified atom stereocenters. The van der Waals surface area contributed by atoms with Gasteiger partial charge in [0.2, 0.25) is 0 Å². The summed E-state index contributed by atoms with van der Waals surface area (Å²) in [7, 11) is 0. The highest BCUT2D eigenvalue weighted by Gasteiger charge is 2.17. The minimum absolute atomic E-state index is 0.145. The summed E-state index contributed by atoms with van der Waals surface area (Å²) in [6.45, 7) is 2.23. The number of benzene rings is 1. The Bertz CT molecular complexity index is 330. The van der Waals surface area contributed by atoms with Gasteiger partial charge in [-0.15, -0.1) is 0 Å². The number of hydrogen-bond acceptors (Lipinski definition) is 3. The Balaban J connectivity index is 2.32. The Morgan fingerprint density at radius 2 is 2.36 bits per heavy atom. The third-order valence-electron chi connectivity index (χ3n) is 2.25. The molecule has 14 heavy (non-hydrogen) atoms. The quantitative estimate of drug-likeness (QED) is 0.809. The lowest BCUT2D eigenvalue weighted by Gasteiger charge is -2.30. The first kappa shape index (κ1) is 9.62. The normalized spacial score (nSPS) is 14.9. The Kier molecular flexibility index (Phi) is 2.79. The van der Waals surface area contributed by atoms with Crippen LogP contribution in [0.3, 0.4) is 0 Å². The van der Waals surface area contributed by atoms with Crippen LogP contribution in [0.15, 0.2) is 18.2 Å². The summed E-state index contributed by atoms with van der Waals surface area (Å²) in [4.78, 5) is 2.07.